The van der Waals surface area contributed by atoms with Gasteiger partial charge in [-0.05, 0) is 23.6 Å². The molecule has 0 saturated heterocycles. The molecule has 0 amide bonds. The van der Waals surface area contributed by atoms with Crippen LogP contribution in [0.25, 0.3) is 0 Å². The van der Waals surface area contributed by atoms with Crippen molar-refractivity contribution in [2.24, 2.45) is 5.73 Å². The van der Waals surface area contributed by atoms with E-state index in [0.29, 0.717) is 6.61 Å². The van der Waals surface area contributed by atoms with Crippen molar-refractivity contribution in [2.45, 2.75) is 32.1 Å². The number of rotatable bonds is 1. The molecule has 0 aromatic heterocycles. The van der Waals surface area contributed by atoms with E-state index in [1.165, 1.54) is 0 Å². The Morgan fingerprint density at radius 2 is 2.36 bits per heavy atom. The summed E-state index contributed by atoms with van der Waals surface area (Å²) in [5.41, 5.74) is 8.27. The molecule has 2 N–H and O–H groups in total. The van der Waals surface area contributed by atoms with Crippen molar-refractivity contribution in [2.75, 3.05) is 0 Å². The van der Waals surface area contributed by atoms with Gasteiger partial charge in [-0.25, -0.2) is 0 Å². The number of benzene rings is 1. The van der Waals surface area contributed by atoms with E-state index in [0.717, 1.165) is 22.6 Å². The first-order valence-electron chi connectivity index (χ1n) is 4.88. The normalized spacial score (nSPS) is 25.9. The van der Waals surface area contributed by atoms with Crippen LogP contribution in [-0.4, -0.2) is 6.10 Å². The van der Waals surface area contributed by atoms with Gasteiger partial charge >= 0.3 is 0 Å². The molecule has 3 heteroatoms. The van der Waals surface area contributed by atoms with Crippen LogP contribution in [0.5, 0.6) is 0 Å². The summed E-state index contributed by atoms with van der Waals surface area (Å²) in [6.45, 7) is 2.70. The van der Waals surface area contributed by atoms with Crippen LogP contribution in [0.4, 0.5) is 0 Å². The molecule has 0 bridgehead atoms. The molecule has 1 aliphatic heterocycles. The quantitative estimate of drug-likeness (QED) is 0.775. The Hall–Kier alpha value is -0.570. The number of nitrogens with two attached hydrogens (primary N) is 1. The predicted octanol–water partition coefficient (Wildman–Crippen LogP) is 2.65. The zero-order valence-corrected chi connectivity index (χ0v) is 8.92. The molecule has 1 aromatic rings. The van der Waals surface area contributed by atoms with Crippen molar-refractivity contribution in [3.8, 4) is 0 Å². The molecule has 1 heterocycles. The predicted molar refractivity (Wildman–Crippen MR) is 57.2 cm³/mol. The van der Waals surface area contributed by atoms with Crippen molar-refractivity contribution >= 4 is 11.6 Å². The van der Waals surface area contributed by atoms with E-state index < -0.39 is 0 Å². The van der Waals surface area contributed by atoms with Crippen molar-refractivity contribution in [3.63, 3.8) is 0 Å². The summed E-state index contributed by atoms with van der Waals surface area (Å²) in [5.74, 6) is 0. The van der Waals surface area contributed by atoms with Gasteiger partial charge in [0.15, 0.2) is 0 Å². The summed E-state index contributed by atoms with van der Waals surface area (Å²) in [4.78, 5) is 0. The lowest BCUT2D eigenvalue weighted by molar-refractivity contribution is 0.00684. The average molecular weight is 212 g/mol. The van der Waals surface area contributed by atoms with Crippen LogP contribution in [0.15, 0.2) is 18.2 Å². The Balaban J connectivity index is 2.43. The van der Waals surface area contributed by atoms with Crippen LogP contribution < -0.4 is 5.73 Å². The Kier molecular flexibility index (Phi) is 2.77. The minimum absolute atomic E-state index is 0.0857. The highest BCUT2D eigenvalue weighted by Crippen LogP contribution is 2.34. The summed E-state index contributed by atoms with van der Waals surface area (Å²) in [7, 11) is 0. The van der Waals surface area contributed by atoms with Gasteiger partial charge < -0.3 is 10.5 Å². The number of halogens is 1. The Morgan fingerprint density at radius 1 is 1.57 bits per heavy atom. The monoisotopic (exact) mass is 211 g/mol. The van der Waals surface area contributed by atoms with Crippen LogP contribution in [0, 0.1) is 0 Å². The highest BCUT2D eigenvalue weighted by atomic mass is 35.5. The van der Waals surface area contributed by atoms with Gasteiger partial charge in [0.25, 0.3) is 0 Å². The summed E-state index contributed by atoms with van der Waals surface area (Å²) < 4.78 is 5.64. The van der Waals surface area contributed by atoms with Crippen molar-refractivity contribution in [3.05, 3.63) is 34.3 Å². The first kappa shape index (κ1) is 9.97. The van der Waals surface area contributed by atoms with Crippen molar-refractivity contribution < 1.29 is 4.74 Å². The molecule has 0 aliphatic carbocycles. The molecule has 0 spiro atoms. The molecule has 1 aliphatic rings. The van der Waals surface area contributed by atoms with E-state index in [1.807, 2.05) is 18.2 Å². The standard InChI is InChI=1S/C11H14ClNO/c1-2-9-11(13)10-7(6-14-9)4-3-5-8(10)12/h3-5,9,11H,2,6,13H2,1H3/t9-,11-/m1/s1. The third kappa shape index (κ3) is 1.54. The topological polar surface area (TPSA) is 35.2 Å². The van der Waals surface area contributed by atoms with E-state index in [1.54, 1.807) is 0 Å². The Labute approximate surface area is 89.0 Å². The van der Waals surface area contributed by atoms with Crippen LogP contribution in [0.1, 0.15) is 30.5 Å². The number of ether oxygens (including phenoxy) is 1. The molecule has 0 radical (unpaired) electrons. The maximum atomic E-state index is 6.12. The molecule has 0 saturated carbocycles. The smallest absolute Gasteiger partial charge is 0.0770 e. The highest BCUT2D eigenvalue weighted by molar-refractivity contribution is 6.31. The second kappa shape index (κ2) is 3.89. The van der Waals surface area contributed by atoms with Crippen LogP contribution in [0.2, 0.25) is 5.02 Å². The molecule has 2 nitrogen and oxygen atoms in total. The second-order valence-electron chi connectivity index (χ2n) is 3.60. The third-order valence-corrected chi connectivity index (χ3v) is 3.06. The fraction of sp³-hybridized carbons (Fsp3) is 0.455. The fourth-order valence-corrected chi connectivity index (χ4v) is 2.26. The minimum Gasteiger partial charge on any atom is -0.372 e. The third-order valence-electron chi connectivity index (χ3n) is 2.73. The molecule has 0 fully saturated rings. The van der Waals surface area contributed by atoms with Gasteiger partial charge in [0, 0.05) is 5.02 Å². The Bertz CT molecular complexity index is 340. The highest BCUT2D eigenvalue weighted by Gasteiger charge is 2.27. The van der Waals surface area contributed by atoms with E-state index >= 15 is 0 Å². The zero-order chi connectivity index (χ0) is 10.1. The molecule has 2 rings (SSSR count). The van der Waals surface area contributed by atoms with Gasteiger partial charge in [-0.2, -0.15) is 0 Å². The van der Waals surface area contributed by atoms with Gasteiger partial charge in [0.1, 0.15) is 0 Å². The lowest BCUT2D eigenvalue weighted by atomic mass is 9.93. The van der Waals surface area contributed by atoms with E-state index in [2.05, 4.69) is 6.92 Å². The maximum Gasteiger partial charge on any atom is 0.0770 e. The van der Waals surface area contributed by atoms with Gasteiger partial charge in [-0.3, -0.25) is 0 Å². The Morgan fingerprint density at radius 3 is 3.07 bits per heavy atom. The average Bonchev–Trinajstić information content (AvgIpc) is 2.18. The first-order valence-corrected chi connectivity index (χ1v) is 5.26. The van der Waals surface area contributed by atoms with Crippen LogP contribution >= 0.6 is 11.6 Å². The van der Waals surface area contributed by atoms with Crippen molar-refractivity contribution in [1.82, 2.24) is 0 Å². The largest absolute Gasteiger partial charge is 0.372 e. The SMILES string of the molecule is CC[C@H]1OCc2cccc(Cl)c2[C@@H]1N. The van der Waals surface area contributed by atoms with Crippen LogP contribution in [0.3, 0.4) is 0 Å². The summed E-state index contributed by atoms with van der Waals surface area (Å²) in [6, 6.07) is 5.76. The summed E-state index contributed by atoms with van der Waals surface area (Å²) >= 11 is 6.12. The molecule has 76 valence electrons. The second-order valence-corrected chi connectivity index (χ2v) is 4.00. The van der Waals surface area contributed by atoms with Gasteiger partial charge in [0.2, 0.25) is 0 Å². The van der Waals surface area contributed by atoms with Crippen LogP contribution in [-0.2, 0) is 11.3 Å². The molecule has 0 unspecified atom stereocenters. The van der Waals surface area contributed by atoms with E-state index in [4.69, 9.17) is 22.1 Å². The molecule has 2 atom stereocenters. The lowest BCUT2D eigenvalue weighted by Crippen LogP contribution is -2.33. The summed E-state index contributed by atoms with van der Waals surface area (Å²) in [5, 5.41) is 0.761. The van der Waals surface area contributed by atoms with E-state index in [-0.39, 0.29) is 12.1 Å². The molecular weight excluding hydrogens is 198 g/mol. The van der Waals surface area contributed by atoms with Crippen molar-refractivity contribution in [1.29, 1.82) is 0 Å². The number of hydrogen-bond acceptors (Lipinski definition) is 2. The number of hydrogen-bond donors (Lipinski definition) is 1. The fourth-order valence-electron chi connectivity index (χ4n) is 1.94. The minimum atomic E-state index is -0.0857. The van der Waals surface area contributed by atoms with Gasteiger partial charge in [0.05, 0.1) is 18.8 Å². The molecular formula is C11H14ClNO. The van der Waals surface area contributed by atoms with Gasteiger partial charge in [-0.15, -0.1) is 0 Å². The molecule has 1 aromatic carbocycles. The van der Waals surface area contributed by atoms with Gasteiger partial charge in [-0.1, -0.05) is 30.7 Å². The lowest BCUT2D eigenvalue weighted by Gasteiger charge is -2.31. The maximum absolute atomic E-state index is 6.12. The first-order chi connectivity index (χ1) is 6.74. The molecule has 14 heavy (non-hydrogen) atoms. The summed E-state index contributed by atoms with van der Waals surface area (Å²) in [6.07, 6.45) is 1.02. The zero-order valence-electron chi connectivity index (χ0n) is 8.16. The van der Waals surface area contributed by atoms with E-state index in [9.17, 15) is 0 Å². The number of fused-ring (bicyclic) bond motifs is 1.